The number of hydrogen-bond donors (Lipinski definition) is 1. The third-order valence-electron chi connectivity index (χ3n) is 0.730. The van der Waals surface area contributed by atoms with Gasteiger partial charge in [-0.05, 0) is 0 Å². The first kappa shape index (κ1) is 8.95. The first-order valence-corrected chi connectivity index (χ1v) is 3.53. The quantitative estimate of drug-likeness (QED) is 0.350. The molecule has 0 aromatic rings. The molecular weight excluding hydrogens is 183 g/mol. The molecular formula is C5H11N2OSe. The normalized spacial score (nSPS) is 11.7. The minimum atomic E-state index is 0.110. The van der Waals surface area contributed by atoms with Crippen LogP contribution in [0.1, 0.15) is 0 Å². The Morgan fingerprint density at radius 2 is 2.22 bits per heavy atom. The minimum absolute atomic E-state index is 0.110. The molecule has 0 aromatic heterocycles. The van der Waals surface area contributed by atoms with E-state index in [0.717, 1.165) is 4.73 Å². The molecule has 0 spiro atoms. The van der Waals surface area contributed by atoms with E-state index in [2.05, 4.69) is 21.0 Å². The van der Waals surface area contributed by atoms with Gasteiger partial charge < -0.3 is 0 Å². The molecule has 0 bridgehead atoms. The van der Waals surface area contributed by atoms with Crippen LogP contribution < -0.4 is 0 Å². The second-order valence-corrected chi connectivity index (χ2v) is 2.55. The second-order valence-electron chi connectivity index (χ2n) is 1.78. The summed E-state index contributed by atoms with van der Waals surface area (Å²) in [6, 6.07) is 0. The van der Waals surface area contributed by atoms with Gasteiger partial charge in [0.25, 0.3) is 0 Å². The molecule has 53 valence electrons. The molecule has 0 saturated heterocycles. The number of nitrogens with zero attached hydrogens (tertiary/aromatic N) is 2. The van der Waals surface area contributed by atoms with Crippen molar-refractivity contribution in [3.05, 3.63) is 0 Å². The maximum absolute atomic E-state index is 8.36. The van der Waals surface area contributed by atoms with Gasteiger partial charge in [0.15, 0.2) is 0 Å². The zero-order valence-corrected chi connectivity index (χ0v) is 7.38. The number of aliphatic hydroxyl groups is 1. The average molecular weight is 194 g/mol. The fourth-order valence-corrected chi connectivity index (χ4v) is 0.479. The summed E-state index contributed by atoms with van der Waals surface area (Å²) in [6.07, 6.45) is 0. The zero-order valence-electron chi connectivity index (χ0n) is 5.66. The summed E-state index contributed by atoms with van der Waals surface area (Å²) in [5, 5.41) is 8.36. The fourth-order valence-electron chi connectivity index (χ4n) is 0.287. The molecule has 0 aliphatic carbocycles. The van der Waals surface area contributed by atoms with Crippen LogP contribution in [0.25, 0.3) is 0 Å². The van der Waals surface area contributed by atoms with Gasteiger partial charge in [0.2, 0.25) is 0 Å². The van der Waals surface area contributed by atoms with E-state index in [9.17, 15) is 0 Å². The molecule has 0 unspecified atom stereocenters. The average Bonchev–Trinajstić information content (AvgIpc) is 1.82. The predicted molar refractivity (Wildman–Crippen MR) is 38.8 cm³/mol. The molecule has 1 radical (unpaired) electrons. The van der Waals surface area contributed by atoms with E-state index in [1.807, 2.05) is 19.0 Å². The van der Waals surface area contributed by atoms with E-state index in [0.29, 0.717) is 6.54 Å². The maximum atomic E-state index is 8.36. The Morgan fingerprint density at radius 1 is 1.67 bits per heavy atom. The van der Waals surface area contributed by atoms with Crippen LogP contribution in [0.3, 0.4) is 0 Å². The summed E-state index contributed by atoms with van der Waals surface area (Å²) in [6.45, 7) is 0.583. The van der Waals surface area contributed by atoms with E-state index in [1.54, 1.807) is 0 Å². The Labute approximate surface area is 63.6 Å². The van der Waals surface area contributed by atoms with E-state index in [1.165, 1.54) is 0 Å². The van der Waals surface area contributed by atoms with Crippen LogP contribution in [0.15, 0.2) is 4.99 Å². The van der Waals surface area contributed by atoms with Gasteiger partial charge >= 0.3 is 63.0 Å². The van der Waals surface area contributed by atoms with Crippen molar-refractivity contribution in [1.29, 1.82) is 0 Å². The Bertz CT molecular complexity index is 103. The standard InChI is InChI=1S/C5H11N2OSe/c1-7(2)5(9)6-3-4-8/h8H,3-4H2,1-2H3. The summed E-state index contributed by atoms with van der Waals surface area (Å²) >= 11 is 2.78. The van der Waals surface area contributed by atoms with Crippen molar-refractivity contribution in [3.8, 4) is 0 Å². The first-order valence-electron chi connectivity index (χ1n) is 2.68. The second kappa shape index (κ2) is 4.79. The summed E-state index contributed by atoms with van der Waals surface area (Å²) < 4.78 is 0.823. The van der Waals surface area contributed by atoms with E-state index >= 15 is 0 Å². The van der Waals surface area contributed by atoms with Crippen molar-refractivity contribution in [1.82, 2.24) is 4.90 Å². The van der Waals surface area contributed by atoms with Gasteiger partial charge in [0.1, 0.15) is 0 Å². The Morgan fingerprint density at radius 3 is 2.56 bits per heavy atom. The molecule has 9 heavy (non-hydrogen) atoms. The van der Waals surface area contributed by atoms with Gasteiger partial charge in [0.05, 0.1) is 0 Å². The fraction of sp³-hybridized carbons (Fsp3) is 0.800. The summed E-state index contributed by atoms with van der Waals surface area (Å²) in [5.74, 6) is 0. The first-order chi connectivity index (χ1) is 4.18. The van der Waals surface area contributed by atoms with Gasteiger partial charge in [-0.15, -0.1) is 0 Å². The van der Waals surface area contributed by atoms with Gasteiger partial charge in [-0.2, -0.15) is 0 Å². The number of aliphatic imine (C=N–C) groups is 1. The molecule has 3 nitrogen and oxygen atoms in total. The molecule has 1 N–H and O–H groups in total. The number of amidine groups is 1. The molecule has 0 atom stereocenters. The molecule has 0 heterocycles. The molecule has 0 aliphatic rings. The monoisotopic (exact) mass is 195 g/mol. The van der Waals surface area contributed by atoms with Crippen molar-refractivity contribution in [3.63, 3.8) is 0 Å². The Kier molecular flexibility index (Phi) is 4.77. The molecule has 0 saturated carbocycles. The summed E-state index contributed by atoms with van der Waals surface area (Å²) in [7, 11) is 3.79. The van der Waals surface area contributed by atoms with Crippen molar-refractivity contribution in [2.75, 3.05) is 27.2 Å². The predicted octanol–water partition coefficient (Wildman–Crippen LogP) is -0.935. The molecule has 0 amide bonds. The topological polar surface area (TPSA) is 35.8 Å². The van der Waals surface area contributed by atoms with Crippen molar-refractivity contribution in [2.24, 2.45) is 4.99 Å². The summed E-state index contributed by atoms with van der Waals surface area (Å²) in [5.41, 5.74) is 0. The van der Waals surface area contributed by atoms with Crippen LogP contribution in [0.4, 0.5) is 0 Å². The van der Waals surface area contributed by atoms with Crippen molar-refractivity contribution in [2.45, 2.75) is 0 Å². The summed E-state index contributed by atoms with van der Waals surface area (Å²) in [4.78, 5) is 5.84. The van der Waals surface area contributed by atoms with Crippen LogP contribution in [0, 0.1) is 0 Å². The van der Waals surface area contributed by atoms with Gasteiger partial charge in [-0.1, -0.05) is 0 Å². The van der Waals surface area contributed by atoms with Gasteiger partial charge in [-0.3, -0.25) is 0 Å². The molecule has 4 heteroatoms. The molecule has 0 fully saturated rings. The van der Waals surface area contributed by atoms with E-state index in [-0.39, 0.29) is 6.61 Å². The van der Waals surface area contributed by atoms with E-state index < -0.39 is 0 Å². The van der Waals surface area contributed by atoms with E-state index in [4.69, 9.17) is 5.11 Å². The van der Waals surface area contributed by atoms with Crippen LogP contribution in [0.2, 0.25) is 0 Å². The molecule has 0 aromatic carbocycles. The zero-order chi connectivity index (χ0) is 7.28. The van der Waals surface area contributed by atoms with Crippen molar-refractivity contribution < 1.29 is 5.11 Å². The molecule has 0 rings (SSSR count). The SMILES string of the molecule is CN(C)C([Se])=NCCO. The van der Waals surface area contributed by atoms with Crippen LogP contribution in [-0.2, 0) is 0 Å². The Balaban J connectivity index is 3.55. The molecule has 0 aliphatic heterocycles. The van der Waals surface area contributed by atoms with Crippen LogP contribution >= 0.6 is 0 Å². The number of aliphatic hydroxyl groups excluding tert-OH is 1. The van der Waals surface area contributed by atoms with Gasteiger partial charge in [0, 0.05) is 0 Å². The van der Waals surface area contributed by atoms with Gasteiger partial charge in [-0.25, -0.2) is 0 Å². The number of hydrogen-bond acceptors (Lipinski definition) is 2. The third-order valence-corrected chi connectivity index (χ3v) is 1.77. The van der Waals surface area contributed by atoms with Crippen LogP contribution in [0.5, 0.6) is 0 Å². The Hall–Kier alpha value is -0.0505. The van der Waals surface area contributed by atoms with Crippen LogP contribution in [-0.4, -0.2) is 58.0 Å². The third kappa shape index (κ3) is 4.45. The number of rotatable bonds is 2. The van der Waals surface area contributed by atoms with Crippen molar-refractivity contribution >= 4 is 20.7 Å².